The van der Waals surface area contributed by atoms with Crippen molar-refractivity contribution in [1.82, 2.24) is 9.97 Å². The molecule has 406 valence electrons. The minimum atomic E-state index is 0.845. The van der Waals surface area contributed by atoms with Crippen LogP contribution in [0.4, 0.5) is 0 Å². The third-order valence-corrected chi connectivity index (χ3v) is 17.1. The number of aromatic nitrogens is 2. The Hall–Kier alpha value is -11.7. The summed E-state index contributed by atoms with van der Waals surface area (Å²) in [5.74, 6) is 0. The Morgan fingerprint density at radius 3 is 1.02 bits per heavy atom. The third-order valence-electron chi connectivity index (χ3n) is 17.1. The van der Waals surface area contributed by atoms with Gasteiger partial charge in [0.15, 0.2) is 0 Å². The van der Waals surface area contributed by atoms with Crippen LogP contribution in [0, 0.1) is 0 Å². The summed E-state index contributed by atoms with van der Waals surface area (Å²) in [5, 5.41) is 6.51. The summed E-state index contributed by atoms with van der Waals surface area (Å²) in [4.78, 5) is 10.5. The molecule has 0 unspecified atom stereocenters. The lowest BCUT2D eigenvalue weighted by Gasteiger charge is -2.15. The lowest BCUT2D eigenvalue weighted by molar-refractivity contribution is 0.668. The highest BCUT2D eigenvalue weighted by atomic mass is 16.3. The standard InChI is InChI=1S/C82H50N2O3/c1-4-16-54(17-5-1)71-46-61(47-72(83-71)55-18-6-2-7-19-55)53-32-30-51(31-33-53)58-39-41-77-70(45-58)67-40-38-59(50-80(67)87-77)52-34-36-57(37-35-52)74-49-62(48-73(84-74)56-20-8-3-9-21-56)60-42-63(65-24-14-28-78-81(65)68-22-10-12-26-75(68)85-78)44-64(43-60)66-25-15-29-79-82(66)69-23-11-13-27-76(69)86-79/h1-50H. The summed E-state index contributed by atoms with van der Waals surface area (Å²) >= 11 is 0. The summed E-state index contributed by atoms with van der Waals surface area (Å²) in [6.07, 6.45) is 0. The van der Waals surface area contributed by atoms with Crippen molar-refractivity contribution < 1.29 is 13.3 Å². The maximum Gasteiger partial charge on any atom is 0.136 e. The zero-order valence-electron chi connectivity index (χ0n) is 47.0. The van der Waals surface area contributed by atoms with Crippen LogP contribution < -0.4 is 0 Å². The maximum atomic E-state index is 6.60. The Kier molecular flexibility index (Phi) is 11.8. The van der Waals surface area contributed by atoms with Crippen LogP contribution in [0.2, 0.25) is 0 Å². The molecule has 5 nitrogen and oxygen atoms in total. The summed E-state index contributed by atoms with van der Waals surface area (Å²) in [6, 6.07) is 107. The highest BCUT2D eigenvalue weighted by Gasteiger charge is 2.20. The van der Waals surface area contributed by atoms with Crippen molar-refractivity contribution in [3.63, 3.8) is 0 Å². The fourth-order valence-electron chi connectivity index (χ4n) is 12.8. The molecule has 0 atom stereocenters. The molecule has 5 heterocycles. The van der Waals surface area contributed by atoms with Gasteiger partial charge in [0.25, 0.3) is 0 Å². The highest BCUT2D eigenvalue weighted by molar-refractivity contribution is 6.15. The van der Waals surface area contributed by atoms with Crippen molar-refractivity contribution >= 4 is 65.8 Å². The number of furan rings is 3. The minimum absolute atomic E-state index is 0.845. The van der Waals surface area contributed by atoms with Crippen LogP contribution in [0.5, 0.6) is 0 Å². The Balaban J connectivity index is 0.718. The normalized spacial score (nSPS) is 11.7. The Labute approximate surface area is 501 Å². The number of nitrogens with zero attached hydrogens (tertiary/aromatic N) is 2. The largest absolute Gasteiger partial charge is 0.456 e. The molecule has 0 saturated heterocycles. The van der Waals surface area contributed by atoms with Crippen molar-refractivity contribution in [2.75, 3.05) is 0 Å². The zero-order chi connectivity index (χ0) is 57.4. The van der Waals surface area contributed by atoms with Crippen LogP contribution in [0.15, 0.2) is 317 Å². The first-order valence-corrected chi connectivity index (χ1v) is 29.4. The van der Waals surface area contributed by atoms with Gasteiger partial charge in [0.2, 0.25) is 0 Å². The second kappa shape index (κ2) is 20.6. The van der Waals surface area contributed by atoms with E-state index < -0.39 is 0 Å². The van der Waals surface area contributed by atoms with Crippen molar-refractivity contribution in [3.8, 4) is 112 Å². The van der Waals surface area contributed by atoms with E-state index in [0.717, 1.165) is 178 Å². The molecule has 5 aromatic heterocycles. The van der Waals surface area contributed by atoms with E-state index in [1.807, 2.05) is 36.4 Å². The first-order valence-electron chi connectivity index (χ1n) is 29.4. The first kappa shape index (κ1) is 49.9. The molecule has 87 heavy (non-hydrogen) atoms. The Morgan fingerprint density at radius 1 is 0.172 bits per heavy atom. The molecule has 17 aromatic rings. The number of hydrogen-bond donors (Lipinski definition) is 0. The fourth-order valence-corrected chi connectivity index (χ4v) is 12.8. The quantitative estimate of drug-likeness (QED) is 0.137. The van der Waals surface area contributed by atoms with Gasteiger partial charge in [-0.2, -0.15) is 0 Å². The highest BCUT2D eigenvalue weighted by Crippen LogP contribution is 2.45. The second-order valence-electron chi connectivity index (χ2n) is 22.4. The van der Waals surface area contributed by atoms with Gasteiger partial charge >= 0.3 is 0 Å². The summed E-state index contributed by atoms with van der Waals surface area (Å²) in [6.45, 7) is 0. The van der Waals surface area contributed by atoms with Gasteiger partial charge in [0.05, 0.1) is 22.8 Å². The molecule has 0 aliphatic carbocycles. The molecule has 17 rings (SSSR count). The maximum absolute atomic E-state index is 6.60. The van der Waals surface area contributed by atoms with E-state index in [9.17, 15) is 0 Å². The van der Waals surface area contributed by atoms with Gasteiger partial charge in [-0.1, -0.05) is 212 Å². The molecule has 0 aliphatic rings. The van der Waals surface area contributed by atoms with Gasteiger partial charge in [-0.15, -0.1) is 0 Å². The summed E-state index contributed by atoms with van der Waals surface area (Å²) < 4.78 is 19.5. The molecule has 0 aliphatic heterocycles. The molecule has 0 radical (unpaired) electrons. The average molecular weight is 1110 g/mol. The van der Waals surface area contributed by atoms with Crippen LogP contribution in [0.1, 0.15) is 0 Å². The molecule has 0 amide bonds. The molecule has 12 aromatic carbocycles. The average Bonchev–Trinajstić information content (AvgIpc) is 2.24. The van der Waals surface area contributed by atoms with Crippen LogP contribution in [-0.2, 0) is 0 Å². The first-order chi connectivity index (χ1) is 43.0. The monoisotopic (exact) mass is 1110 g/mol. The van der Waals surface area contributed by atoms with Crippen LogP contribution in [-0.4, -0.2) is 9.97 Å². The van der Waals surface area contributed by atoms with E-state index in [4.69, 9.17) is 23.2 Å². The predicted octanol–water partition coefficient (Wildman–Crippen LogP) is 22.8. The van der Waals surface area contributed by atoms with Gasteiger partial charge in [-0.05, 0) is 158 Å². The van der Waals surface area contributed by atoms with Crippen LogP contribution in [0.3, 0.4) is 0 Å². The minimum Gasteiger partial charge on any atom is -0.456 e. The molecular weight excluding hydrogens is 1060 g/mol. The second-order valence-corrected chi connectivity index (χ2v) is 22.4. The van der Waals surface area contributed by atoms with E-state index in [1.165, 1.54) is 0 Å². The number of benzene rings is 12. The van der Waals surface area contributed by atoms with Crippen LogP contribution >= 0.6 is 0 Å². The molecule has 0 spiro atoms. The van der Waals surface area contributed by atoms with E-state index in [0.29, 0.717) is 0 Å². The molecule has 0 saturated carbocycles. The van der Waals surface area contributed by atoms with Crippen molar-refractivity contribution in [2.45, 2.75) is 0 Å². The van der Waals surface area contributed by atoms with E-state index in [2.05, 4.69) is 267 Å². The van der Waals surface area contributed by atoms with Gasteiger partial charge < -0.3 is 13.3 Å². The zero-order valence-corrected chi connectivity index (χ0v) is 47.0. The lowest BCUT2D eigenvalue weighted by Crippen LogP contribution is -1.93. The topological polar surface area (TPSA) is 65.2 Å². The van der Waals surface area contributed by atoms with E-state index >= 15 is 0 Å². The number of para-hydroxylation sites is 2. The van der Waals surface area contributed by atoms with Crippen molar-refractivity contribution in [1.29, 1.82) is 0 Å². The predicted molar refractivity (Wildman–Crippen MR) is 358 cm³/mol. The lowest BCUT2D eigenvalue weighted by atomic mass is 9.89. The number of hydrogen-bond acceptors (Lipinski definition) is 5. The van der Waals surface area contributed by atoms with Gasteiger partial charge in [0.1, 0.15) is 33.5 Å². The molecule has 0 bridgehead atoms. The molecular formula is C82H50N2O3. The smallest absolute Gasteiger partial charge is 0.136 e. The third kappa shape index (κ3) is 8.96. The summed E-state index contributed by atoms with van der Waals surface area (Å²) in [7, 11) is 0. The summed E-state index contributed by atoms with van der Waals surface area (Å²) in [5.41, 5.74) is 26.2. The van der Waals surface area contributed by atoms with Crippen molar-refractivity contribution in [2.24, 2.45) is 0 Å². The van der Waals surface area contributed by atoms with Gasteiger partial charge in [-0.3, -0.25) is 0 Å². The Morgan fingerprint density at radius 2 is 0.517 bits per heavy atom. The fraction of sp³-hybridized carbons (Fsp3) is 0. The SMILES string of the molecule is c1ccc(-c2cc(-c3ccc(-c4ccc5oc6cc(-c7ccc(-c8cc(-c9cc(-c%10cccc%11oc%12ccccc%12c%10%11)cc(-c%10cccc%11oc%12ccccc%12c%10%11)c9)cc(-c9ccccc9)n8)cc7)ccc6c5c4)cc3)cc(-c3ccccc3)n2)cc1. The molecule has 5 heteroatoms. The van der Waals surface area contributed by atoms with Gasteiger partial charge in [0, 0.05) is 54.6 Å². The number of rotatable bonds is 10. The Bertz CT molecular complexity index is 5300. The van der Waals surface area contributed by atoms with E-state index in [1.54, 1.807) is 0 Å². The molecule has 0 N–H and O–H groups in total. The number of fused-ring (bicyclic) bond motifs is 9. The van der Waals surface area contributed by atoms with Crippen molar-refractivity contribution in [3.05, 3.63) is 303 Å². The van der Waals surface area contributed by atoms with Gasteiger partial charge in [-0.25, -0.2) is 9.97 Å². The van der Waals surface area contributed by atoms with E-state index in [-0.39, 0.29) is 0 Å². The molecule has 0 fully saturated rings. The van der Waals surface area contributed by atoms with Crippen LogP contribution in [0.25, 0.3) is 178 Å². The number of pyridine rings is 2.